The van der Waals surface area contributed by atoms with Crippen molar-refractivity contribution in [2.24, 2.45) is 5.92 Å². The van der Waals surface area contributed by atoms with Gasteiger partial charge in [0.2, 0.25) is 5.91 Å². The fraction of sp³-hybridized carbons (Fsp3) is 0.500. The van der Waals surface area contributed by atoms with Gasteiger partial charge in [0, 0.05) is 65.2 Å². The number of carbonyl (C=O) groups is 3. The molecule has 0 saturated carbocycles. The zero-order chi connectivity index (χ0) is 26.8. The first-order valence-electron chi connectivity index (χ1n) is 13.7. The standard InChI is InChI=1S/C30H38N4O4/c1-21-8-4-11-25(22(21)2)31-15-17-32(18-16-31)28(35)23-9-6-13-33(20-23)26-12-5-10-24-27(26)30(37)34(29(24)36)14-7-19-38-3/h4-5,8,10-12,23H,6-7,9,13-20H2,1-3H3. The Morgan fingerprint density at radius 3 is 2.42 bits per heavy atom. The largest absolute Gasteiger partial charge is 0.385 e. The molecule has 2 saturated heterocycles. The van der Waals surface area contributed by atoms with Crippen LogP contribution >= 0.6 is 0 Å². The van der Waals surface area contributed by atoms with Gasteiger partial charge in [-0.05, 0) is 62.4 Å². The summed E-state index contributed by atoms with van der Waals surface area (Å²) in [5, 5.41) is 0. The van der Waals surface area contributed by atoms with Crippen LogP contribution in [0.15, 0.2) is 36.4 Å². The number of imide groups is 1. The molecule has 3 heterocycles. The van der Waals surface area contributed by atoms with Crippen LogP contribution in [0, 0.1) is 19.8 Å². The maximum Gasteiger partial charge on any atom is 0.263 e. The van der Waals surface area contributed by atoms with Crippen molar-refractivity contribution in [2.75, 3.05) is 69.3 Å². The summed E-state index contributed by atoms with van der Waals surface area (Å²) in [7, 11) is 1.61. The lowest BCUT2D eigenvalue weighted by molar-refractivity contribution is -0.136. The molecule has 2 aromatic rings. The zero-order valence-electron chi connectivity index (χ0n) is 22.7. The van der Waals surface area contributed by atoms with E-state index in [0.717, 1.165) is 38.2 Å². The topological polar surface area (TPSA) is 73.4 Å². The van der Waals surface area contributed by atoms with Gasteiger partial charge in [-0.2, -0.15) is 0 Å². The van der Waals surface area contributed by atoms with Gasteiger partial charge in [-0.3, -0.25) is 19.3 Å². The van der Waals surface area contributed by atoms with Crippen molar-refractivity contribution in [3.63, 3.8) is 0 Å². The lowest BCUT2D eigenvalue weighted by atomic mass is 9.94. The molecule has 3 aliphatic rings. The lowest BCUT2D eigenvalue weighted by Crippen LogP contribution is -2.52. The maximum absolute atomic E-state index is 13.6. The van der Waals surface area contributed by atoms with Crippen LogP contribution in [0.25, 0.3) is 0 Å². The molecule has 202 valence electrons. The Bertz CT molecular complexity index is 1220. The van der Waals surface area contributed by atoms with Crippen molar-refractivity contribution in [3.05, 3.63) is 58.7 Å². The number of fused-ring (bicyclic) bond motifs is 1. The Hall–Kier alpha value is -3.39. The average molecular weight is 519 g/mol. The van der Waals surface area contributed by atoms with Crippen molar-refractivity contribution in [3.8, 4) is 0 Å². The van der Waals surface area contributed by atoms with Gasteiger partial charge in [-0.1, -0.05) is 18.2 Å². The quantitative estimate of drug-likeness (QED) is 0.413. The smallest absolute Gasteiger partial charge is 0.263 e. The average Bonchev–Trinajstić information content (AvgIpc) is 3.19. The van der Waals surface area contributed by atoms with E-state index in [1.807, 2.05) is 17.0 Å². The van der Waals surface area contributed by atoms with Crippen LogP contribution in [0.1, 0.15) is 51.1 Å². The fourth-order valence-corrected chi connectivity index (χ4v) is 6.05. The second kappa shape index (κ2) is 11.2. The fourth-order valence-electron chi connectivity index (χ4n) is 6.05. The highest BCUT2D eigenvalue weighted by molar-refractivity contribution is 6.23. The molecule has 8 heteroatoms. The molecule has 0 radical (unpaired) electrons. The summed E-state index contributed by atoms with van der Waals surface area (Å²) in [4.78, 5) is 47.7. The first kappa shape index (κ1) is 26.2. The van der Waals surface area contributed by atoms with E-state index in [4.69, 9.17) is 4.74 Å². The summed E-state index contributed by atoms with van der Waals surface area (Å²) in [6, 6.07) is 11.9. The Balaban J connectivity index is 1.25. The first-order valence-corrected chi connectivity index (χ1v) is 13.7. The zero-order valence-corrected chi connectivity index (χ0v) is 22.7. The predicted octanol–water partition coefficient (Wildman–Crippen LogP) is 3.50. The number of nitrogens with zero attached hydrogens (tertiary/aromatic N) is 4. The van der Waals surface area contributed by atoms with Crippen LogP contribution in [-0.2, 0) is 9.53 Å². The maximum atomic E-state index is 13.6. The van der Waals surface area contributed by atoms with E-state index in [9.17, 15) is 14.4 Å². The number of rotatable bonds is 7. The van der Waals surface area contributed by atoms with Crippen LogP contribution < -0.4 is 9.80 Å². The number of anilines is 2. The number of piperazine rings is 1. The van der Waals surface area contributed by atoms with Crippen molar-refractivity contribution in [1.29, 1.82) is 0 Å². The molecular weight excluding hydrogens is 480 g/mol. The molecule has 2 fully saturated rings. The predicted molar refractivity (Wildman–Crippen MR) is 148 cm³/mol. The molecule has 0 aliphatic carbocycles. The molecular formula is C30H38N4O4. The third kappa shape index (κ3) is 4.89. The SMILES string of the molecule is COCCCN1C(=O)c2cccc(N3CCCC(C(=O)N4CCN(c5cccc(C)c5C)CC4)C3)c2C1=O. The minimum Gasteiger partial charge on any atom is -0.385 e. The molecule has 5 rings (SSSR count). The van der Waals surface area contributed by atoms with Gasteiger partial charge >= 0.3 is 0 Å². The van der Waals surface area contributed by atoms with E-state index in [0.29, 0.717) is 50.3 Å². The summed E-state index contributed by atoms with van der Waals surface area (Å²) >= 11 is 0. The van der Waals surface area contributed by atoms with Crippen LogP contribution in [0.2, 0.25) is 0 Å². The molecule has 2 aromatic carbocycles. The van der Waals surface area contributed by atoms with Gasteiger partial charge in [0.05, 0.1) is 22.7 Å². The Labute approximate surface area is 225 Å². The Kier molecular flexibility index (Phi) is 7.70. The van der Waals surface area contributed by atoms with E-state index in [-0.39, 0.29) is 23.6 Å². The van der Waals surface area contributed by atoms with Gasteiger partial charge in [-0.25, -0.2) is 0 Å². The minimum atomic E-state index is -0.243. The van der Waals surface area contributed by atoms with Gasteiger partial charge in [-0.15, -0.1) is 0 Å². The van der Waals surface area contributed by atoms with Crippen molar-refractivity contribution in [2.45, 2.75) is 33.1 Å². The lowest BCUT2D eigenvalue weighted by Gasteiger charge is -2.40. The molecule has 0 bridgehead atoms. The van der Waals surface area contributed by atoms with E-state index in [1.54, 1.807) is 13.2 Å². The number of benzene rings is 2. The van der Waals surface area contributed by atoms with Crippen molar-refractivity contribution < 1.29 is 19.1 Å². The number of ether oxygens (including phenoxy) is 1. The molecule has 0 spiro atoms. The van der Waals surface area contributed by atoms with E-state index in [2.05, 4.69) is 41.8 Å². The third-order valence-corrected chi connectivity index (χ3v) is 8.33. The van der Waals surface area contributed by atoms with Crippen LogP contribution in [0.4, 0.5) is 11.4 Å². The van der Waals surface area contributed by atoms with Gasteiger partial charge in [0.15, 0.2) is 0 Å². The Morgan fingerprint density at radius 1 is 0.921 bits per heavy atom. The molecule has 38 heavy (non-hydrogen) atoms. The van der Waals surface area contributed by atoms with Crippen molar-refractivity contribution >= 4 is 29.1 Å². The number of hydrogen-bond acceptors (Lipinski definition) is 6. The summed E-state index contributed by atoms with van der Waals surface area (Å²) in [5.41, 5.74) is 5.55. The van der Waals surface area contributed by atoms with Gasteiger partial charge in [0.1, 0.15) is 0 Å². The number of aryl methyl sites for hydroxylation is 1. The number of amides is 3. The summed E-state index contributed by atoms with van der Waals surface area (Å²) in [6.07, 6.45) is 2.33. The van der Waals surface area contributed by atoms with Gasteiger partial charge in [0.25, 0.3) is 11.8 Å². The summed E-state index contributed by atoms with van der Waals surface area (Å²) in [6.45, 7) is 9.56. The van der Waals surface area contributed by atoms with Crippen LogP contribution in [0.5, 0.6) is 0 Å². The number of carbonyl (C=O) groups excluding carboxylic acids is 3. The van der Waals surface area contributed by atoms with Crippen LogP contribution in [-0.4, -0.2) is 87.1 Å². The highest BCUT2D eigenvalue weighted by Gasteiger charge is 2.39. The second-order valence-electron chi connectivity index (χ2n) is 10.6. The molecule has 3 amide bonds. The molecule has 1 atom stereocenters. The van der Waals surface area contributed by atoms with E-state index >= 15 is 0 Å². The Morgan fingerprint density at radius 2 is 1.66 bits per heavy atom. The molecule has 1 unspecified atom stereocenters. The molecule has 3 aliphatic heterocycles. The normalized spacial score (nSPS) is 19.8. The monoisotopic (exact) mass is 518 g/mol. The summed E-state index contributed by atoms with van der Waals surface area (Å²) in [5.74, 6) is -0.398. The highest BCUT2D eigenvalue weighted by Crippen LogP contribution is 2.34. The molecule has 8 nitrogen and oxygen atoms in total. The molecule has 0 aromatic heterocycles. The minimum absolute atomic E-state index is 0.114. The van der Waals surface area contributed by atoms with E-state index in [1.165, 1.54) is 21.7 Å². The number of methoxy groups -OCH3 is 1. The number of hydrogen-bond donors (Lipinski definition) is 0. The summed E-state index contributed by atoms with van der Waals surface area (Å²) < 4.78 is 5.09. The number of piperidine rings is 1. The second-order valence-corrected chi connectivity index (χ2v) is 10.6. The third-order valence-electron chi connectivity index (χ3n) is 8.33. The highest BCUT2D eigenvalue weighted by atomic mass is 16.5. The van der Waals surface area contributed by atoms with Crippen molar-refractivity contribution in [1.82, 2.24) is 9.80 Å². The molecule has 0 N–H and O–H groups in total. The first-order chi connectivity index (χ1) is 18.4. The van der Waals surface area contributed by atoms with E-state index < -0.39 is 0 Å². The van der Waals surface area contributed by atoms with Gasteiger partial charge < -0.3 is 19.4 Å². The van der Waals surface area contributed by atoms with Crippen LogP contribution in [0.3, 0.4) is 0 Å².